The molecule has 4 nitrogen and oxygen atoms in total. The van der Waals surface area contributed by atoms with Gasteiger partial charge in [-0.25, -0.2) is 0 Å². The maximum Gasteiger partial charge on any atom is 0.172 e. The van der Waals surface area contributed by atoms with Gasteiger partial charge < -0.3 is 39.8 Å². The van der Waals surface area contributed by atoms with Crippen molar-refractivity contribution in [3.05, 3.63) is 77.9 Å². The monoisotopic (exact) mass is 490 g/mol. The van der Waals surface area contributed by atoms with E-state index in [0.29, 0.717) is 24.6 Å². The number of quaternary nitrogens is 2. The number of hydrogen-bond acceptors (Lipinski definition) is 2. The fourth-order valence-electron chi connectivity index (χ4n) is 3.92. The molecular formula is C27H36Cl2N2O2. The zero-order valence-electron chi connectivity index (χ0n) is 19.8. The topological polar surface area (TPSA) is 47.3 Å². The highest BCUT2D eigenvalue weighted by atomic mass is 35.5. The first-order chi connectivity index (χ1) is 15.0. The van der Waals surface area contributed by atoms with Crippen molar-refractivity contribution in [2.75, 3.05) is 33.8 Å². The second-order valence-electron chi connectivity index (χ2n) is 8.69. The summed E-state index contributed by atoms with van der Waals surface area (Å²) >= 11 is 0. The van der Waals surface area contributed by atoms with Crippen LogP contribution in [0, 0.1) is 0 Å². The second kappa shape index (κ2) is 14.9. The van der Waals surface area contributed by atoms with E-state index in [1.165, 1.54) is 10.5 Å². The second-order valence-corrected chi connectivity index (χ2v) is 8.69. The average Bonchev–Trinajstić information content (AvgIpc) is 2.77. The highest BCUT2D eigenvalue weighted by Crippen LogP contribution is 2.31. The number of carbonyl (C=O) groups is 1. The van der Waals surface area contributed by atoms with Gasteiger partial charge in [-0.3, -0.25) is 4.79 Å². The van der Waals surface area contributed by atoms with Crippen LogP contribution in [0.1, 0.15) is 35.7 Å². The van der Waals surface area contributed by atoms with Crippen LogP contribution in [-0.4, -0.2) is 45.6 Å². The van der Waals surface area contributed by atoms with Gasteiger partial charge in [0.2, 0.25) is 0 Å². The summed E-state index contributed by atoms with van der Waals surface area (Å²) in [6.07, 6.45) is 2.48. The van der Waals surface area contributed by atoms with Gasteiger partial charge in [0, 0.05) is 18.2 Å². The molecule has 0 aromatic heterocycles. The number of carbonyl (C=O) groups excluding carboxylic acids is 1. The lowest BCUT2D eigenvalue weighted by molar-refractivity contribution is -0.858. The van der Waals surface area contributed by atoms with Crippen LogP contribution in [0.15, 0.2) is 66.7 Å². The summed E-state index contributed by atoms with van der Waals surface area (Å²) in [5.41, 5.74) is 2.04. The Morgan fingerprint density at radius 2 is 1.67 bits per heavy atom. The molecule has 0 radical (unpaired) electrons. The Morgan fingerprint density at radius 3 is 2.39 bits per heavy atom. The molecule has 3 aromatic rings. The van der Waals surface area contributed by atoms with E-state index in [1.807, 2.05) is 36.4 Å². The Balaban J connectivity index is 0.00000272. The third-order valence-electron chi connectivity index (χ3n) is 5.59. The Bertz CT molecular complexity index is 980. The summed E-state index contributed by atoms with van der Waals surface area (Å²) in [7, 11) is 4.28. The van der Waals surface area contributed by atoms with E-state index in [-0.39, 0.29) is 30.6 Å². The van der Waals surface area contributed by atoms with Crippen molar-refractivity contribution in [1.82, 2.24) is 0 Å². The van der Waals surface area contributed by atoms with Crippen molar-refractivity contribution in [3.63, 3.8) is 0 Å². The van der Waals surface area contributed by atoms with E-state index in [4.69, 9.17) is 4.74 Å². The predicted octanol–water partition coefficient (Wildman–Crippen LogP) is -3.47. The number of nitrogens with two attached hydrogens (primary N) is 1. The molecule has 0 saturated carbocycles. The fourth-order valence-corrected chi connectivity index (χ4v) is 3.92. The highest BCUT2D eigenvalue weighted by molar-refractivity contribution is 6.04. The predicted molar refractivity (Wildman–Crippen MR) is 127 cm³/mol. The first-order valence-electron chi connectivity index (χ1n) is 11.4. The first kappa shape index (κ1) is 28.9. The van der Waals surface area contributed by atoms with Crippen LogP contribution in [0.4, 0.5) is 0 Å². The van der Waals surface area contributed by atoms with Crippen LogP contribution in [0.25, 0.3) is 10.8 Å². The number of Topliss-reactive ketones (excluding diaryl/α,β-unsaturated/α-hetero) is 1. The zero-order valence-corrected chi connectivity index (χ0v) is 21.3. The molecule has 0 amide bonds. The molecule has 3 rings (SSSR count). The lowest BCUT2D eigenvalue weighted by Crippen LogP contribution is -3.05. The fraction of sp³-hybridized carbons (Fsp3) is 0.370. The van der Waals surface area contributed by atoms with Gasteiger partial charge in [0.25, 0.3) is 0 Å². The molecule has 0 aliphatic carbocycles. The van der Waals surface area contributed by atoms with Crippen LogP contribution in [-0.2, 0) is 6.42 Å². The Kier molecular flexibility index (Phi) is 13.1. The molecule has 3 aromatic carbocycles. The van der Waals surface area contributed by atoms with Crippen LogP contribution in [0.2, 0.25) is 0 Å². The summed E-state index contributed by atoms with van der Waals surface area (Å²) in [4.78, 5) is 14.5. The van der Waals surface area contributed by atoms with Crippen molar-refractivity contribution in [2.45, 2.75) is 32.2 Å². The molecule has 3 N–H and O–H groups in total. The molecule has 0 heterocycles. The highest BCUT2D eigenvalue weighted by Gasteiger charge is 2.17. The van der Waals surface area contributed by atoms with Gasteiger partial charge in [0.1, 0.15) is 5.75 Å². The quantitative estimate of drug-likeness (QED) is 0.204. The smallest absolute Gasteiger partial charge is 0.172 e. The largest absolute Gasteiger partial charge is 1.00 e. The minimum Gasteiger partial charge on any atom is -1.00 e. The summed E-state index contributed by atoms with van der Waals surface area (Å²) in [6.45, 7) is 4.67. The van der Waals surface area contributed by atoms with E-state index >= 15 is 0 Å². The van der Waals surface area contributed by atoms with Crippen molar-refractivity contribution >= 4 is 16.6 Å². The van der Waals surface area contributed by atoms with Gasteiger partial charge in [0.15, 0.2) is 5.78 Å². The molecular weight excluding hydrogens is 455 g/mol. The third-order valence-corrected chi connectivity index (χ3v) is 5.59. The molecule has 1 unspecified atom stereocenters. The van der Waals surface area contributed by atoms with Gasteiger partial charge in [-0.05, 0) is 23.9 Å². The minimum atomic E-state index is 0. The summed E-state index contributed by atoms with van der Waals surface area (Å²) in [5, 5.41) is 4.40. The normalized spacial score (nSPS) is 11.5. The number of fused-ring (bicyclic) bond motifs is 1. The van der Waals surface area contributed by atoms with Crippen molar-refractivity contribution < 1.29 is 44.6 Å². The number of ether oxygens (including phenoxy) is 1. The number of hydrogen-bond donors (Lipinski definition) is 2. The molecule has 33 heavy (non-hydrogen) atoms. The van der Waals surface area contributed by atoms with Crippen LogP contribution >= 0.6 is 0 Å². The zero-order chi connectivity index (χ0) is 22.1. The number of halogens is 2. The van der Waals surface area contributed by atoms with Gasteiger partial charge in [-0.15, -0.1) is 0 Å². The molecule has 6 heteroatoms. The molecule has 180 valence electrons. The van der Waals surface area contributed by atoms with Crippen LogP contribution in [0.5, 0.6) is 5.75 Å². The SMILES string of the molecule is CC(Cc1ccccc1)[NH2+]CCC(=O)c1ccc2ccccc2c1OCCC[NH+](C)C.[Cl-].[Cl-]. The van der Waals surface area contributed by atoms with Gasteiger partial charge >= 0.3 is 0 Å². The standard InChI is InChI=1S/C27H34N2O2.2ClH/c1-21(20-22-10-5-4-6-11-22)28-17-16-26(30)25-15-14-23-12-7-8-13-24(23)27(25)31-19-9-18-29(2)3;;/h4-8,10-15,21,28H,9,16-20H2,1-3H3;2*1H. The molecule has 0 fully saturated rings. The minimum absolute atomic E-state index is 0. The molecule has 0 spiro atoms. The summed E-state index contributed by atoms with van der Waals surface area (Å²) in [6, 6.07) is 23.1. The van der Waals surface area contributed by atoms with Crippen molar-refractivity contribution in [2.24, 2.45) is 0 Å². The number of ketones is 1. The van der Waals surface area contributed by atoms with E-state index in [2.05, 4.69) is 56.7 Å². The molecule has 1 atom stereocenters. The third kappa shape index (κ3) is 8.98. The van der Waals surface area contributed by atoms with E-state index < -0.39 is 0 Å². The molecule has 0 saturated heterocycles. The Labute approximate surface area is 210 Å². The van der Waals surface area contributed by atoms with Crippen molar-refractivity contribution in [3.8, 4) is 5.75 Å². The number of nitrogens with one attached hydrogen (secondary N) is 1. The first-order valence-corrected chi connectivity index (χ1v) is 11.4. The van der Waals surface area contributed by atoms with Crippen LogP contribution < -0.4 is 39.8 Å². The Hall–Kier alpha value is -2.11. The van der Waals surface area contributed by atoms with E-state index in [0.717, 1.165) is 42.5 Å². The van der Waals surface area contributed by atoms with E-state index in [1.54, 1.807) is 0 Å². The van der Waals surface area contributed by atoms with E-state index in [9.17, 15) is 4.79 Å². The lowest BCUT2D eigenvalue weighted by atomic mass is 10.0. The maximum absolute atomic E-state index is 13.1. The van der Waals surface area contributed by atoms with Gasteiger partial charge in [-0.1, -0.05) is 60.7 Å². The van der Waals surface area contributed by atoms with Crippen LogP contribution in [0.3, 0.4) is 0 Å². The number of benzene rings is 3. The Morgan fingerprint density at radius 1 is 0.970 bits per heavy atom. The summed E-state index contributed by atoms with van der Waals surface area (Å²) in [5.74, 6) is 0.899. The summed E-state index contributed by atoms with van der Waals surface area (Å²) < 4.78 is 6.18. The van der Waals surface area contributed by atoms with Gasteiger partial charge in [-0.2, -0.15) is 0 Å². The number of rotatable bonds is 12. The average molecular weight is 492 g/mol. The molecule has 0 aliphatic rings. The molecule has 0 aliphatic heterocycles. The van der Waals surface area contributed by atoms with Gasteiger partial charge in [0.05, 0.1) is 51.8 Å². The van der Waals surface area contributed by atoms with Crippen molar-refractivity contribution in [1.29, 1.82) is 0 Å². The maximum atomic E-state index is 13.1. The molecule has 0 bridgehead atoms. The lowest BCUT2D eigenvalue weighted by Gasteiger charge is -2.15.